The summed E-state index contributed by atoms with van der Waals surface area (Å²) >= 11 is 0. The Labute approximate surface area is 216 Å². The summed E-state index contributed by atoms with van der Waals surface area (Å²) in [7, 11) is 0.116. The first-order valence-electron chi connectivity index (χ1n) is 11.9. The quantitative estimate of drug-likeness (QED) is 0.295. The van der Waals surface area contributed by atoms with Crippen LogP contribution in [0, 0.1) is 5.82 Å². The van der Waals surface area contributed by atoms with Crippen LogP contribution in [0.15, 0.2) is 59.0 Å². The maximum atomic E-state index is 13.5. The molecular weight excluding hydrogens is 497 g/mol. The molecule has 8 nitrogen and oxygen atoms in total. The smallest absolute Gasteiger partial charge is 0.255 e. The molecule has 1 amide bonds. The lowest BCUT2D eigenvalue weighted by Crippen LogP contribution is -2.25. The molecule has 0 saturated heterocycles. The number of aryl methyl sites for hydroxylation is 2. The highest BCUT2D eigenvalue weighted by Crippen LogP contribution is 2.36. The summed E-state index contributed by atoms with van der Waals surface area (Å²) in [5.41, 5.74) is 2.57. The van der Waals surface area contributed by atoms with Gasteiger partial charge in [-0.15, -0.1) is 0 Å². The number of ether oxygens (including phenoxy) is 1. The van der Waals surface area contributed by atoms with E-state index in [1.165, 1.54) is 35.6 Å². The summed E-state index contributed by atoms with van der Waals surface area (Å²) in [6.07, 6.45) is 1.69. The van der Waals surface area contributed by atoms with Crippen molar-refractivity contribution in [1.29, 1.82) is 0 Å². The number of anilines is 1. The second-order valence-electron chi connectivity index (χ2n) is 8.39. The number of methoxy groups -OCH3 is 1. The van der Waals surface area contributed by atoms with Gasteiger partial charge in [0.25, 0.3) is 5.91 Å². The molecule has 0 aliphatic rings. The van der Waals surface area contributed by atoms with E-state index in [0.717, 1.165) is 11.3 Å². The van der Waals surface area contributed by atoms with Gasteiger partial charge in [-0.3, -0.25) is 9.10 Å². The van der Waals surface area contributed by atoms with Gasteiger partial charge in [-0.05, 0) is 72.9 Å². The van der Waals surface area contributed by atoms with Crippen molar-refractivity contribution in [3.05, 3.63) is 77.1 Å². The first-order chi connectivity index (χ1) is 17.9. The van der Waals surface area contributed by atoms with Crippen LogP contribution in [0.5, 0.6) is 5.75 Å². The van der Waals surface area contributed by atoms with Crippen molar-refractivity contribution in [2.45, 2.75) is 26.2 Å². The largest absolute Gasteiger partial charge is 0.497 e. The maximum Gasteiger partial charge on any atom is 0.255 e. The monoisotopic (exact) mass is 525 g/mol. The molecule has 1 N–H and O–H groups in total. The Morgan fingerprint density at radius 1 is 1.16 bits per heavy atom. The van der Waals surface area contributed by atoms with Crippen LogP contribution in [0.4, 0.5) is 10.2 Å². The number of thiol groups is 1. The molecule has 10 heteroatoms. The third-order valence-corrected chi connectivity index (χ3v) is 6.88. The van der Waals surface area contributed by atoms with Crippen LogP contribution < -0.4 is 14.4 Å². The summed E-state index contributed by atoms with van der Waals surface area (Å²) in [6, 6.07) is 15.0. The molecule has 2 aromatic carbocycles. The number of nitrogens with zero attached hydrogens (tertiary/aromatic N) is 2. The highest BCUT2D eigenvalue weighted by molar-refractivity contribution is 7.74. The van der Waals surface area contributed by atoms with Gasteiger partial charge in [-0.1, -0.05) is 19.1 Å². The van der Waals surface area contributed by atoms with Crippen LogP contribution in [0.2, 0.25) is 0 Å². The Morgan fingerprint density at radius 2 is 1.92 bits per heavy atom. The minimum atomic E-state index is -2.99. The van der Waals surface area contributed by atoms with Crippen LogP contribution >= 0.6 is 0 Å². The average molecular weight is 526 g/mol. The molecule has 0 unspecified atom stereocenters. The van der Waals surface area contributed by atoms with Crippen LogP contribution in [0.25, 0.3) is 22.4 Å². The molecule has 2 heterocycles. The molecular formula is C27H28FN3O5S. The topological polar surface area (TPSA) is 102 Å². The summed E-state index contributed by atoms with van der Waals surface area (Å²) in [5.74, 6) is 0.432. The maximum absolute atomic E-state index is 13.5. The minimum Gasteiger partial charge on any atom is -0.497 e. The van der Waals surface area contributed by atoms with E-state index in [9.17, 15) is 17.6 Å². The number of halogens is 1. The normalized spacial score (nSPS) is 11.2. The number of carbonyl (C=O) groups is 1. The first kappa shape index (κ1) is 26.2. The lowest BCUT2D eigenvalue weighted by molar-refractivity contribution is 0.0964. The van der Waals surface area contributed by atoms with E-state index in [4.69, 9.17) is 9.15 Å². The van der Waals surface area contributed by atoms with E-state index < -0.39 is 16.7 Å². The number of benzene rings is 2. The number of carbonyl (C=O) groups excluding carboxylic acids is 1. The van der Waals surface area contributed by atoms with Crippen LogP contribution in [-0.4, -0.2) is 40.0 Å². The van der Waals surface area contributed by atoms with Gasteiger partial charge in [0.05, 0.1) is 18.1 Å². The number of pyridine rings is 1. The molecule has 194 valence electrons. The average Bonchev–Trinajstić information content (AvgIpc) is 3.28. The highest BCUT2D eigenvalue weighted by atomic mass is 32.2. The Kier molecular flexibility index (Phi) is 8.08. The van der Waals surface area contributed by atoms with Crippen LogP contribution in [0.1, 0.15) is 34.8 Å². The number of fused-ring (bicyclic) bond motifs is 1. The molecule has 4 aromatic rings. The minimum absolute atomic E-state index is 0.125. The highest BCUT2D eigenvalue weighted by Gasteiger charge is 2.25. The van der Waals surface area contributed by atoms with Crippen molar-refractivity contribution in [3.63, 3.8) is 0 Å². The molecule has 0 saturated carbocycles. The van der Waals surface area contributed by atoms with Gasteiger partial charge in [0.2, 0.25) is 16.6 Å². The second kappa shape index (κ2) is 11.4. The van der Waals surface area contributed by atoms with Gasteiger partial charge in [0, 0.05) is 19.2 Å². The van der Waals surface area contributed by atoms with Crippen molar-refractivity contribution in [3.8, 4) is 17.1 Å². The standard InChI is InChI=1S/C27H28FN3O5S/c1-4-18-16-22-23(26(32)29-2)24(19-10-12-20(28)13-11-19)36-27(22)30-25(18)31(37(33)34)14-6-8-17-7-5-9-21(15-17)35-3/h5,7,9-13,15-16,37H,4,6,8,14H2,1-3H3,(H,29,32). The Morgan fingerprint density at radius 3 is 2.57 bits per heavy atom. The van der Waals surface area contributed by atoms with E-state index in [1.807, 2.05) is 31.2 Å². The van der Waals surface area contributed by atoms with Gasteiger partial charge in [-0.25, -0.2) is 12.8 Å². The predicted molar refractivity (Wildman–Crippen MR) is 141 cm³/mol. The van der Waals surface area contributed by atoms with E-state index in [-0.39, 0.29) is 35.3 Å². The van der Waals surface area contributed by atoms with Crippen molar-refractivity contribution >= 4 is 33.7 Å². The molecule has 0 spiro atoms. The number of amides is 1. The number of hydrogen-bond acceptors (Lipinski definition) is 6. The molecule has 2 aromatic heterocycles. The van der Waals surface area contributed by atoms with E-state index in [1.54, 1.807) is 13.2 Å². The zero-order valence-corrected chi connectivity index (χ0v) is 21.7. The molecule has 0 aliphatic carbocycles. The van der Waals surface area contributed by atoms with Crippen LogP contribution in [0.3, 0.4) is 0 Å². The SMILES string of the molecule is CCc1cc2c(C(=O)NC)c(-c3ccc(F)cc3)oc2nc1N(CCCc1cccc(OC)c1)[SH](=O)=O. The van der Waals surface area contributed by atoms with Crippen molar-refractivity contribution in [2.75, 3.05) is 25.0 Å². The number of furan rings is 1. The predicted octanol–water partition coefficient (Wildman–Crippen LogP) is 4.53. The summed E-state index contributed by atoms with van der Waals surface area (Å²) in [4.78, 5) is 17.4. The summed E-state index contributed by atoms with van der Waals surface area (Å²) in [6.45, 7) is 2.11. The Hall–Kier alpha value is -3.92. The summed E-state index contributed by atoms with van der Waals surface area (Å²) in [5, 5.41) is 3.06. The zero-order valence-electron chi connectivity index (χ0n) is 20.8. The number of rotatable bonds is 10. The number of aromatic nitrogens is 1. The molecule has 0 bridgehead atoms. The van der Waals surface area contributed by atoms with Gasteiger partial charge >= 0.3 is 0 Å². The number of hydrogen-bond donors (Lipinski definition) is 2. The van der Waals surface area contributed by atoms with E-state index in [0.29, 0.717) is 35.8 Å². The van der Waals surface area contributed by atoms with Crippen molar-refractivity contribution < 1.29 is 26.8 Å². The zero-order chi connectivity index (χ0) is 26.5. The van der Waals surface area contributed by atoms with Crippen LogP contribution in [-0.2, 0) is 23.7 Å². The molecule has 0 fully saturated rings. The molecule has 4 rings (SSSR count). The van der Waals surface area contributed by atoms with Gasteiger partial charge in [-0.2, -0.15) is 4.98 Å². The fourth-order valence-corrected chi connectivity index (χ4v) is 4.85. The first-order valence-corrected chi connectivity index (χ1v) is 13.0. The third-order valence-electron chi connectivity index (χ3n) is 6.09. The van der Waals surface area contributed by atoms with Gasteiger partial charge < -0.3 is 14.5 Å². The van der Waals surface area contributed by atoms with E-state index >= 15 is 0 Å². The molecule has 0 radical (unpaired) electrons. The Balaban J connectivity index is 1.73. The molecule has 0 atom stereocenters. The molecule has 37 heavy (non-hydrogen) atoms. The van der Waals surface area contributed by atoms with Gasteiger partial charge in [0.15, 0.2) is 0 Å². The van der Waals surface area contributed by atoms with Crippen molar-refractivity contribution in [2.24, 2.45) is 0 Å². The second-order valence-corrected chi connectivity index (χ2v) is 9.34. The fraction of sp³-hybridized carbons (Fsp3) is 0.259. The van der Waals surface area contributed by atoms with E-state index in [2.05, 4.69) is 10.3 Å². The van der Waals surface area contributed by atoms with Crippen molar-refractivity contribution in [1.82, 2.24) is 10.3 Å². The van der Waals surface area contributed by atoms with Gasteiger partial charge in [0.1, 0.15) is 23.1 Å². The number of nitrogens with one attached hydrogen (secondary N) is 1. The molecule has 0 aliphatic heterocycles. The fourth-order valence-electron chi connectivity index (χ4n) is 4.22. The lowest BCUT2D eigenvalue weighted by atomic mass is 10.0. The summed E-state index contributed by atoms with van der Waals surface area (Å²) < 4.78 is 50.6. The lowest BCUT2D eigenvalue weighted by Gasteiger charge is -2.19. The third kappa shape index (κ3) is 5.59. The Bertz CT molecular complexity index is 1490.